The molecule has 0 fully saturated rings. The number of halogens is 2. The molecule has 1 atom stereocenters. The summed E-state index contributed by atoms with van der Waals surface area (Å²) < 4.78 is 15.2. The summed E-state index contributed by atoms with van der Waals surface area (Å²) in [4.78, 5) is 4.32. The fraction of sp³-hybridized carbons (Fsp3) is 0.357. The van der Waals surface area contributed by atoms with E-state index in [1.807, 2.05) is 6.20 Å². The van der Waals surface area contributed by atoms with Crippen molar-refractivity contribution in [3.8, 4) is 0 Å². The Hall–Kier alpha value is -1.39. The summed E-state index contributed by atoms with van der Waals surface area (Å²) in [6, 6.07) is 4.35. The molecule has 1 aromatic heterocycles. The molecule has 0 amide bonds. The predicted octanol–water partition coefficient (Wildman–Crippen LogP) is 3.33. The van der Waals surface area contributed by atoms with Gasteiger partial charge in [-0.25, -0.2) is 9.37 Å². The van der Waals surface area contributed by atoms with Gasteiger partial charge in [0.25, 0.3) is 0 Å². The number of nitrogens with zero attached hydrogens (tertiary/aromatic N) is 2. The quantitative estimate of drug-likeness (QED) is 0.913. The molecule has 1 aromatic carbocycles. The van der Waals surface area contributed by atoms with E-state index in [4.69, 9.17) is 17.3 Å². The van der Waals surface area contributed by atoms with Crippen molar-refractivity contribution in [3.05, 3.63) is 52.8 Å². The highest BCUT2D eigenvalue weighted by molar-refractivity contribution is 6.30. The van der Waals surface area contributed by atoms with E-state index >= 15 is 0 Å². The lowest BCUT2D eigenvalue weighted by atomic mass is 10.0. The van der Waals surface area contributed by atoms with Crippen molar-refractivity contribution >= 4 is 11.6 Å². The average molecular weight is 282 g/mol. The SMILES string of the molecule is CCCn1ccnc1CC(N)c1ccc(F)c(Cl)c1. The van der Waals surface area contributed by atoms with Gasteiger partial charge in [-0.3, -0.25) is 0 Å². The number of imidazole rings is 1. The zero-order chi connectivity index (χ0) is 13.8. The highest BCUT2D eigenvalue weighted by Gasteiger charge is 2.12. The first kappa shape index (κ1) is 14.0. The van der Waals surface area contributed by atoms with Crippen molar-refractivity contribution in [2.24, 2.45) is 5.73 Å². The van der Waals surface area contributed by atoms with Gasteiger partial charge in [-0.2, -0.15) is 0 Å². The van der Waals surface area contributed by atoms with E-state index in [-0.39, 0.29) is 11.1 Å². The normalized spacial score (nSPS) is 12.6. The Balaban J connectivity index is 2.13. The van der Waals surface area contributed by atoms with E-state index in [9.17, 15) is 4.39 Å². The first-order valence-corrected chi connectivity index (χ1v) is 6.70. The Bertz CT molecular complexity index is 553. The first-order valence-electron chi connectivity index (χ1n) is 6.32. The maximum Gasteiger partial charge on any atom is 0.141 e. The van der Waals surface area contributed by atoms with Crippen molar-refractivity contribution < 1.29 is 4.39 Å². The molecule has 0 saturated heterocycles. The van der Waals surface area contributed by atoms with Crippen LogP contribution >= 0.6 is 11.6 Å². The Labute approximate surface area is 117 Å². The van der Waals surface area contributed by atoms with E-state index in [1.165, 1.54) is 6.07 Å². The highest BCUT2D eigenvalue weighted by Crippen LogP contribution is 2.21. The van der Waals surface area contributed by atoms with Crippen molar-refractivity contribution in [3.63, 3.8) is 0 Å². The van der Waals surface area contributed by atoms with Crippen molar-refractivity contribution in [1.29, 1.82) is 0 Å². The molecule has 0 aliphatic rings. The minimum absolute atomic E-state index is 0.102. The summed E-state index contributed by atoms with van der Waals surface area (Å²) in [5.74, 6) is 0.514. The van der Waals surface area contributed by atoms with E-state index in [2.05, 4.69) is 16.5 Å². The molecule has 0 aliphatic heterocycles. The molecule has 102 valence electrons. The van der Waals surface area contributed by atoms with Crippen LogP contribution in [0, 0.1) is 5.82 Å². The van der Waals surface area contributed by atoms with Crippen LogP contribution in [-0.4, -0.2) is 9.55 Å². The lowest BCUT2D eigenvalue weighted by Crippen LogP contribution is -2.16. The molecule has 3 nitrogen and oxygen atoms in total. The molecular formula is C14H17ClFN3. The average Bonchev–Trinajstić information content (AvgIpc) is 2.80. The Morgan fingerprint density at radius 3 is 2.95 bits per heavy atom. The molecule has 2 aromatic rings. The van der Waals surface area contributed by atoms with Crippen LogP contribution in [-0.2, 0) is 13.0 Å². The molecule has 0 radical (unpaired) electrons. The van der Waals surface area contributed by atoms with E-state index in [1.54, 1.807) is 18.3 Å². The molecule has 19 heavy (non-hydrogen) atoms. The van der Waals surface area contributed by atoms with Gasteiger partial charge in [-0.15, -0.1) is 0 Å². The molecule has 0 aliphatic carbocycles. The smallest absolute Gasteiger partial charge is 0.141 e. The minimum atomic E-state index is -0.426. The predicted molar refractivity (Wildman–Crippen MR) is 74.6 cm³/mol. The van der Waals surface area contributed by atoms with Crippen molar-refractivity contribution in [1.82, 2.24) is 9.55 Å². The molecule has 0 bridgehead atoms. The fourth-order valence-corrected chi connectivity index (χ4v) is 2.22. The van der Waals surface area contributed by atoms with Crippen LogP contribution in [0.4, 0.5) is 4.39 Å². The van der Waals surface area contributed by atoms with Gasteiger partial charge in [0.1, 0.15) is 11.6 Å². The van der Waals surface area contributed by atoms with Crippen LogP contribution < -0.4 is 5.73 Å². The second kappa shape index (κ2) is 6.17. The van der Waals surface area contributed by atoms with Crippen molar-refractivity contribution in [2.45, 2.75) is 32.4 Å². The molecule has 2 rings (SSSR count). The van der Waals surface area contributed by atoms with Gasteiger partial charge in [-0.1, -0.05) is 24.6 Å². The number of aromatic nitrogens is 2. The Kier molecular flexibility index (Phi) is 4.56. The van der Waals surface area contributed by atoms with Gasteiger partial charge in [-0.05, 0) is 24.1 Å². The minimum Gasteiger partial charge on any atom is -0.335 e. The van der Waals surface area contributed by atoms with Crippen LogP contribution in [0.2, 0.25) is 5.02 Å². The molecule has 0 saturated carbocycles. The molecule has 5 heteroatoms. The Morgan fingerprint density at radius 1 is 1.47 bits per heavy atom. The molecule has 2 N–H and O–H groups in total. The number of hydrogen-bond donors (Lipinski definition) is 1. The number of hydrogen-bond acceptors (Lipinski definition) is 2. The third kappa shape index (κ3) is 3.33. The zero-order valence-electron chi connectivity index (χ0n) is 10.8. The third-order valence-corrected chi connectivity index (χ3v) is 3.33. The largest absolute Gasteiger partial charge is 0.335 e. The molecular weight excluding hydrogens is 265 g/mol. The van der Waals surface area contributed by atoms with Gasteiger partial charge in [0, 0.05) is 31.4 Å². The maximum absolute atomic E-state index is 13.1. The standard InChI is InChI=1S/C14H17ClFN3/c1-2-6-19-7-5-18-14(19)9-13(17)10-3-4-12(16)11(15)8-10/h3-5,7-8,13H,2,6,9,17H2,1H3. The summed E-state index contributed by atoms with van der Waals surface area (Å²) in [7, 11) is 0. The van der Waals surface area contributed by atoms with Gasteiger partial charge in [0.05, 0.1) is 5.02 Å². The van der Waals surface area contributed by atoms with Gasteiger partial charge >= 0.3 is 0 Å². The fourth-order valence-electron chi connectivity index (χ4n) is 2.03. The highest BCUT2D eigenvalue weighted by atomic mass is 35.5. The van der Waals surface area contributed by atoms with E-state index in [0.29, 0.717) is 6.42 Å². The van der Waals surface area contributed by atoms with Gasteiger partial charge in [0.15, 0.2) is 0 Å². The third-order valence-electron chi connectivity index (χ3n) is 3.04. The maximum atomic E-state index is 13.1. The van der Waals surface area contributed by atoms with Crippen LogP contribution in [0.1, 0.15) is 30.8 Å². The zero-order valence-corrected chi connectivity index (χ0v) is 11.6. The van der Waals surface area contributed by atoms with Crippen LogP contribution in [0.15, 0.2) is 30.6 Å². The monoisotopic (exact) mass is 281 g/mol. The number of aryl methyl sites for hydroxylation is 1. The van der Waals surface area contributed by atoms with Crippen molar-refractivity contribution in [2.75, 3.05) is 0 Å². The first-order chi connectivity index (χ1) is 9.11. The molecule has 1 unspecified atom stereocenters. The van der Waals surface area contributed by atoms with Crippen LogP contribution in [0.3, 0.4) is 0 Å². The summed E-state index contributed by atoms with van der Waals surface area (Å²) in [6.07, 6.45) is 5.37. The topological polar surface area (TPSA) is 43.8 Å². The molecule has 0 spiro atoms. The Morgan fingerprint density at radius 2 is 2.26 bits per heavy atom. The lowest BCUT2D eigenvalue weighted by molar-refractivity contribution is 0.595. The number of benzene rings is 1. The molecule has 1 heterocycles. The summed E-state index contributed by atoms with van der Waals surface area (Å²) in [5, 5.41) is 0.102. The van der Waals surface area contributed by atoms with Gasteiger partial charge in [0.2, 0.25) is 0 Å². The second-order valence-corrected chi connectivity index (χ2v) is 4.93. The van der Waals surface area contributed by atoms with Gasteiger partial charge < -0.3 is 10.3 Å². The number of nitrogens with two attached hydrogens (primary N) is 1. The summed E-state index contributed by atoms with van der Waals surface area (Å²) in [6.45, 7) is 3.04. The van der Waals surface area contributed by atoms with E-state index < -0.39 is 5.82 Å². The van der Waals surface area contributed by atoms with E-state index in [0.717, 1.165) is 24.4 Å². The second-order valence-electron chi connectivity index (χ2n) is 4.52. The lowest BCUT2D eigenvalue weighted by Gasteiger charge is -2.13. The summed E-state index contributed by atoms with van der Waals surface area (Å²) >= 11 is 5.77. The number of rotatable bonds is 5. The summed E-state index contributed by atoms with van der Waals surface area (Å²) in [5.41, 5.74) is 6.95. The van der Waals surface area contributed by atoms with Crippen LogP contribution in [0.5, 0.6) is 0 Å². The van der Waals surface area contributed by atoms with Crippen LogP contribution in [0.25, 0.3) is 0 Å².